The first-order valence-corrected chi connectivity index (χ1v) is 4.90. The Morgan fingerprint density at radius 3 is 2.69 bits per heavy atom. The van der Waals surface area contributed by atoms with Crippen LogP contribution in [0.2, 0.25) is 0 Å². The molecule has 0 amide bonds. The summed E-state index contributed by atoms with van der Waals surface area (Å²) in [7, 11) is 0. The molecule has 1 aliphatic rings. The lowest BCUT2D eigenvalue weighted by Gasteiger charge is -2.02. The number of ether oxygens (including phenoxy) is 2. The predicted molar refractivity (Wildman–Crippen MR) is 55.3 cm³/mol. The smallest absolute Gasteiger partial charge is 0.231 e. The number of fused-ring (bicyclic) bond motifs is 1. The number of aryl methyl sites for hydroxylation is 1. The Labute approximate surface area is 85.3 Å². The monoisotopic (exact) mass is 240 g/mol. The Kier molecular flexibility index (Phi) is 2.27. The number of hydrogen-bond acceptors (Lipinski definition) is 2. The molecule has 0 saturated heterocycles. The molecule has 0 saturated carbocycles. The number of halogens is 1. The van der Waals surface area contributed by atoms with Gasteiger partial charge in [0.2, 0.25) is 6.79 Å². The largest absolute Gasteiger partial charge is 0.454 e. The third-order valence-electron chi connectivity index (χ3n) is 2.00. The van der Waals surface area contributed by atoms with Gasteiger partial charge in [0.25, 0.3) is 0 Å². The second-order valence-corrected chi connectivity index (χ2v) is 3.38. The van der Waals surface area contributed by atoms with Crippen LogP contribution in [-0.2, 0) is 0 Å². The van der Waals surface area contributed by atoms with Crippen LogP contribution in [0.3, 0.4) is 0 Å². The fourth-order valence-corrected chi connectivity index (χ4v) is 1.59. The Morgan fingerprint density at radius 1 is 1.31 bits per heavy atom. The van der Waals surface area contributed by atoms with E-state index in [4.69, 9.17) is 9.47 Å². The molecule has 0 atom stereocenters. The Balaban J connectivity index is 2.49. The highest BCUT2D eigenvalue weighted by Gasteiger charge is 2.14. The van der Waals surface area contributed by atoms with E-state index in [2.05, 4.69) is 15.9 Å². The lowest BCUT2D eigenvalue weighted by atomic mass is 10.1. The Hall–Kier alpha value is -0.960. The van der Waals surface area contributed by atoms with Crippen molar-refractivity contribution in [1.82, 2.24) is 0 Å². The van der Waals surface area contributed by atoms with E-state index in [9.17, 15) is 0 Å². The van der Waals surface area contributed by atoms with Gasteiger partial charge in [-0.15, -0.1) is 0 Å². The molecule has 1 aromatic rings. The van der Waals surface area contributed by atoms with Crippen LogP contribution in [0.1, 0.15) is 11.1 Å². The van der Waals surface area contributed by atoms with Crippen molar-refractivity contribution in [3.8, 4) is 11.5 Å². The highest BCUT2D eigenvalue weighted by atomic mass is 79.9. The lowest BCUT2D eigenvalue weighted by molar-refractivity contribution is 0.174. The summed E-state index contributed by atoms with van der Waals surface area (Å²) in [5, 5.41) is 0. The van der Waals surface area contributed by atoms with Gasteiger partial charge >= 0.3 is 0 Å². The second kappa shape index (κ2) is 3.42. The molecule has 0 aromatic heterocycles. The van der Waals surface area contributed by atoms with E-state index in [1.54, 1.807) is 0 Å². The van der Waals surface area contributed by atoms with E-state index in [1.165, 1.54) is 5.56 Å². The maximum Gasteiger partial charge on any atom is 0.231 e. The van der Waals surface area contributed by atoms with Crippen molar-refractivity contribution >= 4 is 22.0 Å². The molecule has 0 spiro atoms. The van der Waals surface area contributed by atoms with Crippen molar-refractivity contribution in [2.24, 2.45) is 0 Å². The lowest BCUT2D eigenvalue weighted by Crippen LogP contribution is -1.92. The first-order valence-electron chi connectivity index (χ1n) is 3.98. The van der Waals surface area contributed by atoms with Crippen molar-refractivity contribution in [2.75, 3.05) is 6.79 Å². The highest BCUT2D eigenvalue weighted by molar-refractivity contribution is 9.11. The molecule has 0 radical (unpaired) electrons. The van der Waals surface area contributed by atoms with E-state index in [0.717, 1.165) is 17.1 Å². The van der Waals surface area contributed by atoms with Crippen molar-refractivity contribution in [3.63, 3.8) is 0 Å². The fourth-order valence-electron chi connectivity index (χ4n) is 1.31. The predicted octanol–water partition coefficient (Wildman–Crippen LogP) is 3.09. The molecule has 1 heterocycles. The minimum Gasteiger partial charge on any atom is -0.454 e. The van der Waals surface area contributed by atoms with Crippen LogP contribution in [-0.4, -0.2) is 6.79 Å². The van der Waals surface area contributed by atoms with E-state index in [1.807, 2.05) is 30.1 Å². The molecule has 0 N–H and O–H groups in total. The van der Waals surface area contributed by atoms with Crippen LogP contribution in [0.4, 0.5) is 0 Å². The van der Waals surface area contributed by atoms with Crippen LogP contribution < -0.4 is 9.47 Å². The van der Waals surface area contributed by atoms with Gasteiger partial charge in [-0.1, -0.05) is 15.9 Å². The van der Waals surface area contributed by atoms with E-state index in [0.29, 0.717) is 6.79 Å². The highest BCUT2D eigenvalue weighted by Crippen LogP contribution is 2.34. The summed E-state index contributed by atoms with van der Waals surface area (Å²) in [6, 6.07) is 3.97. The summed E-state index contributed by atoms with van der Waals surface area (Å²) >= 11 is 3.25. The third-order valence-corrected chi connectivity index (χ3v) is 2.27. The fraction of sp³-hybridized carbons (Fsp3) is 0.200. The molecule has 13 heavy (non-hydrogen) atoms. The van der Waals surface area contributed by atoms with E-state index >= 15 is 0 Å². The molecular formula is C10H9BrO2. The maximum absolute atomic E-state index is 5.27. The number of rotatable bonds is 1. The van der Waals surface area contributed by atoms with Crippen LogP contribution in [0.25, 0.3) is 6.08 Å². The summed E-state index contributed by atoms with van der Waals surface area (Å²) in [5.41, 5.74) is 2.32. The van der Waals surface area contributed by atoms with E-state index < -0.39 is 0 Å². The molecule has 0 aliphatic carbocycles. The molecule has 3 heteroatoms. The summed E-state index contributed by atoms with van der Waals surface area (Å²) in [6.07, 6.45) is 1.98. The zero-order chi connectivity index (χ0) is 9.26. The van der Waals surface area contributed by atoms with Crippen molar-refractivity contribution in [1.29, 1.82) is 0 Å². The molecule has 1 aromatic carbocycles. The molecule has 1 aliphatic heterocycles. The van der Waals surface area contributed by atoms with Crippen LogP contribution in [0, 0.1) is 6.92 Å². The van der Waals surface area contributed by atoms with E-state index in [-0.39, 0.29) is 0 Å². The average Bonchev–Trinajstić information content (AvgIpc) is 2.52. The zero-order valence-corrected chi connectivity index (χ0v) is 8.80. The third kappa shape index (κ3) is 1.56. The molecular weight excluding hydrogens is 232 g/mol. The molecule has 2 rings (SSSR count). The standard InChI is InChI=1S/C10H9BrO2/c1-7-4-9-10(13-6-12-9)5-8(7)2-3-11/h2-5H,6H2,1H3. The molecule has 0 fully saturated rings. The first kappa shape index (κ1) is 8.63. The van der Waals surface area contributed by atoms with Gasteiger partial charge < -0.3 is 9.47 Å². The second-order valence-electron chi connectivity index (χ2n) is 2.85. The van der Waals surface area contributed by atoms with Crippen LogP contribution in [0.5, 0.6) is 11.5 Å². The number of hydrogen-bond donors (Lipinski definition) is 0. The van der Waals surface area contributed by atoms with Gasteiger partial charge in [-0.05, 0) is 41.2 Å². The zero-order valence-electron chi connectivity index (χ0n) is 7.21. The minimum atomic E-state index is 0.330. The summed E-state index contributed by atoms with van der Waals surface area (Å²) < 4.78 is 10.5. The van der Waals surface area contributed by atoms with Gasteiger partial charge in [0, 0.05) is 0 Å². The summed E-state index contributed by atoms with van der Waals surface area (Å²) in [6.45, 7) is 2.38. The van der Waals surface area contributed by atoms with Gasteiger partial charge in [0.15, 0.2) is 11.5 Å². The molecule has 0 bridgehead atoms. The van der Waals surface area contributed by atoms with Gasteiger partial charge in [0.1, 0.15) is 0 Å². The maximum atomic E-state index is 5.27. The Morgan fingerprint density at radius 2 is 2.00 bits per heavy atom. The van der Waals surface area contributed by atoms with Gasteiger partial charge in [-0.3, -0.25) is 0 Å². The summed E-state index contributed by atoms with van der Waals surface area (Å²) in [5.74, 6) is 1.66. The van der Waals surface area contributed by atoms with Crippen molar-refractivity contribution in [2.45, 2.75) is 6.92 Å². The molecule has 2 nitrogen and oxygen atoms in total. The average molecular weight is 241 g/mol. The molecule has 0 unspecified atom stereocenters. The van der Waals surface area contributed by atoms with Crippen LogP contribution in [0.15, 0.2) is 17.1 Å². The van der Waals surface area contributed by atoms with Gasteiger partial charge in [-0.2, -0.15) is 0 Å². The van der Waals surface area contributed by atoms with Crippen molar-refractivity contribution < 1.29 is 9.47 Å². The topological polar surface area (TPSA) is 18.5 Å². The van der Waals surface area contributed by atoms with Gasteiger partial charge in [-0.25, -0.2) is 0 Å². The van der Waals surface area contributed by atoms with Crippen LogP contribution >= 0.6 is 15.9 Å². The normalized spacial score (nSPS) is 14.0. The number of benzene rings is 1. The minimum absolute atomic E-state index is 0.330. The SMILES string of the molecule is Cc1cc2c(cc1C=CBr)OCO2. The van der Waals surface area contributed by atoms with Gasteiger partial charge in [0.05, 0.1) is 0 Å². The Bertz CT molecular complexity index is 358. The quantitative estimate of drug-likeness (QED) is 0.752. The molecule has 68 valence electrons. The summed E-state index contributed by atoms with van der Waals surface area (Å²) in [4.78, 5) is 1.83. The van der Waals surface area contributed by atoms with Crippen molar-refractivity contribution in [3.05, 3.63) is 28.2 Å². The first-order chi connectivity index (χ1) is 6.31.